The number of nitrogens with zero attached hydrogens (tertiary/aromatic N) is 5. The van der Waals surface area contributed by atoms with Gasteiger partial charge in [-0.25, -0.2) is 13.2 Å². The van der Waals surface area contributed by atoms with E-state index in [4.69, 9.17) is 11.5 Å². The molecule has 7 N–H and O–H groups in total. The standard InChI is InChI=1S/C21H29N7O.C19H31N3O2S/c1-21(2,3)17-11-15-13-28(20(29)27-18(15)26-17)16-7-5-14(6-8-16)12-24-9-4-10-25-19(22)23;1-19(2,3)17-12-16(15-21-8-10-25(23,24)11-9-21)13-18(14-17)22-6-4-20-5-7-22/h5-8,11,13,24H,4,9-10,12H2,1-3H3,(H4,22,23,25)(H,26,27,29);12-14,20H,4-11,15H2,1-3H3. The van der Waals surface area contributed by atoms with Crippen LogP contribution in [-0.4, -0.2) is 97.7 Å². The maximum atomic E-state index is 12.5. The van der Waals surface area contributed by atoms with Crippen molar-refractivity contribution in [1.29, 1.82) is 0 Å². The Morgan fingerprint density at radius 1 is 0.889 bits per heavy atom. The number of aromatic amines is 1. The number of aromatic nitrogens is 3. The van der Waals surface area contributed by atoms with Crippen LogP contribution >= 0.6 is 0 Å². The predicted molar refractivity (Wildman–Crippen MR) is 222 cm³/mol. The second-order valence-electron chi connectivity index (χ2n) is 16.4. The third-order valence-corrected chi connectivity index (χ3v) is 11.4. The van der Waals surface area contributed by atoms with Crippen molar-refractivity contribution in [3.63, 3.8) is 0 Å². The highest BCUT2D eigenvalue weighted by atomic mass is 32.2. The molecule has 4 heterocycles. The molecule has 14 heteroatoms. The van der Waals surface area contributed by atoms with Gasteiger partial charge in [0.2, 0.25) is 0 Å². The van der Waals surface area contributed by atoms with E-state index < -0.39 is 9.84 Å². The van der Waals surface area contributed by atoms with Crippen LogP contribution in [0, 0.1) is 0 Å². The van der Waals surface area contributed by atoms with Crippen molar-refractivity contribution in [2.24, 2.45) is 16.5 Å². The fourth-order valence-electron chi connectivity index (χ4n) is 6.47. The van der Waals surface area contributed by atoms with Crippen molar-refractivity contribution in [3.8, 4) is 5.69 Å². The molecular formula is C40H60N10O3S. The minimum atomic E-state index is -2.82. The van der Waals surface area contributed by atoms with Gasteiger partial charge in [0, 0.05) is 87.3 Å². The molecule has 0 bridgehead atoms. The highest BCUT2D eigenvalue weighted by Crippen LogP contribution is 2.30. The van der Waals surface area contributed by atoms with E-state index in [0.717, 1.165) is 74.6 Å². The molecule has 6 rings (SSSR count). The highest BCUT2D eigenvalue weighted by Gasteiger charge is 2.24. The largest absolute Gasteiger partial charge is 0.370 e. The van der Waals surface area contributed by atoms with Crippen LogP contribution in [0.3, 0.4) is 0 Å². The Balaban J connectivity index is 0.000000210. The first-order valence-electron chi connectivity index (χ1n) is 19.0. The van der Waals surface area contributed by atoms with Crippen LogP contribution in [-0.2, 0) is 33.8 Å². The zero-order valence-electron chi connectivity index (χ0n) is 32.9. The molecule has 0 unspecified atom stereocenters. The second-order valence-corrected chi connectivity index (χ2v) is 18.7. The van der Waals surface area contributed by atoms with Gasteiger partial charge in [0.1, 0.15) is 5.65 Å². The van der Waals surface area contributed by atoms with Crippen LogP contribution in [0.15, 0.2) is 64.5 Å². The fourth-order valence-corrected chi connectivity index (χ4v) is 7.75. The summed E-state index contributed by atoms with van der Waals surface area (Å²) in [6, 6.07) is 16.9. The summed E-state index contributed by atoms with van der Waals surface area (Å²) in [7, 11) is -2.82. The van der Waals surface area contributed by atoms with Gasteiger partial charge in [0.15, 0.2) is 15.8 Å². The van der Waals surface area contributed by atoms with Crippen molar-refractivity contribution in [2.75, 3.05) is 68.8 Å². The summed E-state index contributed by atoms with van der Waals surface area (Å²) in [6.07, 6.45) is 2.71. The molecule has 13 nitrogen and oxygen atoms in total. The average molecular weight is 761 g/mol. The topological polar surface area (TPSA) is 180 Å². The number of nitrogens with one attached hydrogen (secondary N) is 3. The first kappa shape index (κ1) is 40.9. The van der Waals surface area contributed by atoms with Crippen molar-refractivity contribution >= 4 is 32.5 Å². The summed E-state index contributed by atoms with van der Waals surface area (Å²) in [4.78, 5) is 28.6. The number of hydrogen-bond donors (Lipinski definition) is 5. The lowest BCUT2D eigenvalue weighted by molar-refractivity contribution is 0.287. The number of rotatable bonds is 10. The fraction of sp³-hybridized carbons (Fsp3) is 0.525. The number of benzene rings is 2. The van der Waals surface area contributed by atoms with Gasteiger partial charge < -0.3 is 32.0 Å². The number of nitrogens with two attached hydrogens (primary N) is 2. The lowest BCUT2D eigenvalue weighted by Gasteiger charge is -2.32. The van der Waals surface area contributed by atoms with Crippen LogP contribution in [0.2, 0.25) is 0 Å². The smallest absolute Gasteiger partial charge is 0.354 e. The van der Waals surface area contributed by atoms with Crippen molar-refractivity contribution in [3.05, 3.63) is 87.6 Å². The molecule has 4 aromatic rings. The Kier molecular flexibility index (Phi) is 13.3. The molecule has 0 saturated carbocycles. The Morgan fingerprint density at radius 2 is 1.57 bits per heavy atom. The van der Waals surface area contributed by atoms with Gasteiger partial charge in [-0.3, -0.25) is 14.5 Å². The van der Waals surface area contributed by atoms with Gasteiger partial charge in [-0.2, -0.15) is 4.98 Å². The van der Waals surface area contributed by atoms with Crippen molar-refractivity contribution in [1.82, 2.24) is 30.1 Å². The van der Waals surface area contributed by atoms with Crippen LogP contribution in [0.4, 0.5) is 5.69 Å². The van der Waals surface area contributed by atoms with Gasteiger partial charge >= 0.3 is 5.69 Å². The number of guanidine groups is 1. The number of aliphatic imine (C=N–C) groups is 1. The van der Waals surface area contributed by atoms with E-state index in [1.807, 2.05) is 30.5 Å². The second kappa shape index (κ2) is 17.5. The molecule has 2 fully saturated rings. The molecule has 2 aromatic heterocycles. The third-order valence-electron chi connectivity index (χ3n) is 9.83. The Morgan fingerprint density at radius 3 is 2.20 bits per heavy atom. The van der Waals surface area contributed by atoms with E-state index in [9.17, 15) is 13.2 Å². The van der Waals surface area contributed by atoms with Gasteiger partial charge in [-0.05, 0) is 65.4 Å². The first-order valence-corrected chi connectivity index (χ1v) is 20.8. The summed E-state index contributed by atoms with van der Waals surface area (Å²) < 4.78 is 24.9. The normalized spacial score (nSPS) is 16.5. The lowest BCUT2D eigenvalue weighted by Crippen LogP contribution is -2.43. The monoisotopic (exact) mass is 760 g/mol. The van der Waals surface area contributed by atoms with E-state index in [1.165, 1.54) is 16.8 Å². The van der Waals surface area contributed by atoms with Crippen LogP contribution in [0.5, 0.6) is 0 Å². The highest BCUT2D eigenvalue weighted by molar-refractivity contribution is 7.91. The van der Waals surface area contributed by atoms with E-state index >= 15 is 0 Å². The van der Waals surface area contributed by atoms with Gasteiger partial charge in [0.05, 0.1) is 17.2 Å². The number of piperazine rings is 1. The molecule has 2 saturated heterocycles. The SMILES string of the molecule is CC(C)(C)c1cc(CN2CCS(=O)(=O)CC2)cc(N2CCNCC2)c1.CC(C)(C)c1cc2cn(-c3ccc(CNCCCN=C(N)N)cc3)c(=O)nc2[nH]1. The minimum absolute atomic E-state index is 0.0352. The molecule has 294 valence electrons. The molecular weight excluding hydrogens is 701 g/mol. The summed E-state index contributed by atoms with van der Waals surface area (Å²) in [5.41, 5.74) is 17.9. The molecule has 0 spiro atoms. The molecule has 54 heavy (non-hydrogen) atoms. The number of anilines is 1. The number of sulfone groups is 1. The molecule has 2 aromatic carbocycles. The predicted octanol–water partition coefficient (Wildman–Crippen LogP) is 3.39. The first-order chi connectivity index (χ1) is 25.5. The maximum Gasteiger partial charge on any atom is 0.354 e. The Hall–Kier alpha value is -4.24. The van der Waals surface area contributed by atoms with Crippen LogP contribution < -0.4 is 32.7 Å². The van der Waals surface area contributed by atoms with E-state index in [1.54, 1.807) is 4.57 Å². The Labute approximate surface area is 320 Å². The van der Waals surface area contributed by atoms with Crippen LogP contribution in [0.25, 0.3) is 16.7 Å². The molecule has 0 radical (unpaired) electrons. The molecule has 2 aliphatic heterocycles. The number of fused-ring (bicyclic) bond motifs is 1. The number of H-pyrrole nitrogens is 1. The minimum Gasteiger partial charge on any atom is -0.370 e. The zero-order chi connectivity index (χ0) is 39.1. The van der Waals surface area contributed by atoms with E-state index in [-0.39, 0.29) is 34.0 Å². The van der Waals surface area contributed by atoms with E-state index in [0.29, 0.717) is 25.3 Å². The van der Waals surface area contributed by atoms with Crippen molar-refractivity contribution < 1.29 is 8.42 Å². The molecule has 2 aliphatic rings. The summed E-state index contributed by atoms with van der Waals surface area (Å²) in [5, 5.41) is 7.68. The maximum absolute atomic E-state index is 12.5. The molecule has 0 aliphatic carbocycles. The van der Waals surface area contributed by atoms with Crippen molar-refractivity contribution in [2.45, 2.75) is 71.9 Å². The summed E-state index contributed by atoms with van der Waals surface area (Å²) in [5.74, 6) is 0.700. The van der Waals surface area contributed by atoms with Gasteiger partial charge in [-0.1, -0.05) is 59.7 Å². The average Bonchev–Trinajstić information content (AvgIpc) is 3.54. The van der Waals surface area contributed by atoms with E-state index in [2.05, 4.69) is 101 Å². The Bertz CT molecular complexity index is 2030. The number of hydrogen-bond acceptors (Lipinski definition) is 9. The summed E-state index contributed by atoms with van der Waals surface area (Å²) >= 11 is 0. The molecule has 0 amide bonds. The third kappa shape index (κ3) is 11.6. The van der Waals surface area contributed by atoms with Crippen LogP contribution in [0.1, 0.15) is 70.3 Å². The van der Waals surface area contributed by atoms with Gasteiger partial charge in [-0.15, -0.1) is 0 Å². The molecule has 0 atom stereocenters. The summed E-state index contributed by atoms with van der Waals surface area (Å²) in [6.45, 7) is 21.5. The quantitative estimate of drug-likeness (QED) is 0.0914. The zero-order valence-corrected chi connectivity index (χ0v) is 33.7. The lowest BCUT2D eigenvalue weighted by atomic mass is 9.85. The van der Waals surface area contributed by atoms with Gasteiger partial charge in [0.25, 0.3) is 0 Å².